The maximum Gasteiger partial charge on any atom is 0.275 e. The van der Waals surface area contributed by atoms with Crippen molar-refractivity contribution in [3.63, 3.8) is 0 Å². The summed E-state index contributed by atoms with van der Waals surface area (Å²) in [6.45, 7) is 3.75. The number of hydrogen-bond donors (Lipinski definition) is 2. The van der Waals surface area contributed by atoms with Crippen LogP contribution in [0.5, 0.6) is 0 Å². The average Bonchev–Trinajstić information content (AvgIpc) is 3.06. The molecule has 2 amide bonds. The summed E-state index contributed by atoms with van der Waals surface area (Å²) in [5.41, 5.74) is 2.55. The first-order chi connectivity index (χ1) is 14.7. The minimum Gasteiger partial charge on any atom is -0.355 e. The molecule has 7 nitrogen and oxygen atoms in total. The first-order valence-corrected chi connectivity index (χ1v) is 10.5. The van der Waals surface area contributed by atoms with E-state index in [1.165, 1.54) is 5.56 Å². The van der Waals surface area contributed by atoms with Crippen LogP contribution >= 0.6 is 0 Å². The number of hydrogen-bond acceptors (Lipinski definition) is 4. The molecule has 0 atom stereocenters. The molecule has 1 aliphatic rings. The van der Waals surface area contributed by atoms with Gasteiger partial charge in [-0.15, -0.1) is 0 Å². The Labute approximate surface area is 176 Å². The van der Waals surface area contributed by atoms with Crippen LogP contribution in [0.1, 0.15) is 22.5 Å². The van der Waals surface area contributed by atoms with Crippen LogP contribution in [-0.4, -0.2) is 71.1 Å². The predicted molar refractivity (Wildman–Crippen MR) is 116 cm³/mol. The van der Waals surface area contributed by atoms with Crippen LogP contribution in [0, 0.1) is 0 Å². The molecule has 0 spiro atoms. The second-order valence-electron chi connectivity index (χ2n) is 7.63. The number of H-pyrrole nitrogens is 1. The lowest BCUT2D eigenvalue weighted by atomic mass is 10.1. The molecule has 4 rings (SSSR count). The van der Waals surface area contributed by atoms with E-state index in [0.717, 1.165) is 30.3 Å². The number of para-hydroxylation sites is 1. The highest BCUT2D eigenvalue weighted by atomic mass is 16.2. The number of carbonyl (C=O) groups is 2. The van der Waals surface area contributed by atoms with Gasteiger partial charge in [0.1, 0.15) is 0 Å². The molecule has 1 aromatic heterocycles. The molecule has 1 fully saturated rings. The van der Waals surface area contributed by atoms with E-state index in [0.29, 0.717) is 38.4 Å². The Morgan fingerprint density at radius 1 is 0.967 bits per heavy atom. The third kappa shape index (κ3) is 4.86. The lowest BCUT2D eigenvalue weighted by Gasteiger charge is -2.21. The molecular formula is C23H27N5O2. The second-order valence-corrected chi connectivity index (χ2v) is 7.63. The summed E-state index contributed by atoms with van der Waals surface area (Å²) in [5, 5.41) is 11.0. The monoisotopic (exact) mass is 405 g/mol. The molecule has 0 bridgehead atoms. The minimum atomic E-state index is -0.0541. The van der Waals surface area contributed by atoms with Crippen molar-refractivity contribution in [2.45, 2.75) is 12.8 Å². The Morgan fingerprint density at radius 2 is 1.77 bits per heavy atom. The van der Waals surface area contributed by atoms with Crippen molar-refractivity contribution in [2.24, 2.45) is 0 Å². The smallest absolute Gasteiger partial charge is 0.275 e. The third-order valence-electron chi connectivity index (χ3n) is 5.49. The average molecular weight is 406 g/mol. The van der Waals surface area contributed by atoms with Crippen molar-refractivity contribution < 1.29 is 9.59 Å². The maximum atomic E-state index is 13.0. The van der Waals surface area contributed by atoms with Gasteiger partial charge in [-0.25, -0.2) is 0 Å². The lowest BCUT2D eigenvalue weighted by molar-refractivity contribution is -0.122. The van der Waals surface area contributed by atoms with Gasteiger partial charge >= 0.3 is 0 Å². The zero-order valence-electron chi connectivity index (χ0n) is 17.0. The highest BCUT2D eigenvalue weighted by Crippen LogP contribution is 2.17. The van der Waals surface area contributed by atoms with Gasteiger partial charge in [-0.1, -0.05) is 48.5 Å². The van der Waals surface area contributed by atoms with Gasteiger partial charge in [-0.3, -0.25) is 19.6 Å². The van der Waals surface area contributed by atoms with Gasteiger partial charge < -0.3 is 10.2 Å². The lowest BCUT2D eigenvalue weighted by Crippen LogP contribution is -2.40. The zero-order chi connectivity index (χ0) is 20.8. The highest BCUT2D eigenvalue weighted by Gasteiger charge is 2.24. The summed E-state index contributed by atoms with van der Waals surface area (Å²) >= 11 is 0. The van der Waals surface area contributed by atoms with E-state index in [1.807, 2.05) is 47.4 Å². The molecular weight excluding hydrogens is 378 g/mol. The van der Waals surface area contributed by atoms with Crippen LogP contribution in [0.15, 0.2) is 54.6 Å². The predicted octanol–water partition coefficient (Wildman–Crippen LogP) is 2.07. The number of nitrogens with one attached hydrogen (secondary N) is 2. The van der Waals surface area contributed by atoms with Gasteiger partial charge in [-0.2, -0.15) is 5.10 Å². The Balaban J connectivity index is 1.26. The van der Waals surface area contributed by atoms with Crippen LogP contribution in [0.2, 0.25) is 0 Å². The number of aromatic nitrogens is 2. The van der Waals surface area contributed by atoms with Crippen LogP contribution in [0.25, 0.3) is 10.9 Å². The summed E-state index contributed by atoms with van der Waals surface area (Å²) in [6.07, 6.45) is 1.66. The van der Waals surface area contributed by atoms with Gasteiger partial charge in [0.15, 0.2) is 5.69 Å². The Kier molecular flexibility index (Phi) is 6.39. The van der Waals surface area contributed by atoms with Crippen molar-refractivity contribution >= 4 is 22.7 Å². The molecule has 2 N–H and O–H groups in total. The molecule has 0 unspecified atom stereocenters. The summed E-state index contributed by atoms with van der Waals surface area (Å²) < 4.78 is 0. The largest absolute Gasteiger partial charge is 0.355 e. The first kappa shape index (κ1) is 20.1. The van der Waals surface area contributed by atoms with Crippen LogP contribution < -0.4 is 5.32 Å². The summed E-state index contributed by atoms with van der Waals surface area (Å²) in [6, 6.07) is 17.8. The molecule has 7 heteroatoms. The quantitative estimate of drug-likeness (QED) is 0.658. The highest BCUT2D eigenvalue weighted by molar-refractivity contribution is 6.04. The molecule has 3 aromatic rings. The van der Waals surface area contributed by atoms with Crippen LogP contribution in [0.4, 0.5) is 0 Å². The number of aromatic amines is 1. The molecule has 2 aromatic carbocycles. The van der Waals surface area contributed by atoms with Crippen LogP contribution in [0.3, 0.4) is 0 Å². The number of fused-ring (bicyclic) bond motifs is 1. The molecule has 30 heavy (non-hydrogen) atoms. The second kappa shape index (κ2) is 9.54. The molecule has 0 aliphatic carbocycles. The van der Waals surface area contributed by atoms with E-state index in [-0.39, 0.29) is 11.8 Å². The number of rotatable bonds is 6. The van der Waals surface area contributed by atoms with Crippen LogP contribution in [-0.2, 0) is 11.2 Å². The maximum absolute atomic E-state index is 13.0. The van der Waals surface area contributed by atoms with Gasteiger partial charge in [-0.05, 0) is 24.5 Å². The topological polar surface area (TPSA) is 81.3 Å². The molecule has 1 saturated heterocycles. The van der Waals surface area contributed by atoms with E-state index < -0.39 is 0 Å². The van der Waals surface area contributed by atoms with E-state index in [9.17, 15) is 9.59 Å². The van der Waals surface area contributed by atoms with Gasteiger partial charge in [0.05, 0.1) is 12.1 Å². The SMILES string of the molecule is O=C(CN1CCCN(C(=O)c2n[nH]c3ccccc23)CC1)NCCc1ccccc1. The van der Waals surface area contributed by atoms with Crippen molar-refractivity contribution in [1.82, 2.24) is 25.3 Å². The summed E-state index contributed by atoms with van der Waals surface area (Å²) in [5.74, 6) is -0.0226. The first-order valence-electron chi connectivity index (χ1n) is 10.5. The van der Waals surface area contributed by atoms with Crippen molar-refractivity contribution in [3.8, 4) is 0 Å². The minimum absolute atomic E-state index is 0.0315. The molecule has 0 radical (unpaired) electrons. The van der Waals surface area contributed by atoms with Crippen molar-refractivity contribution in [2.75, 3.05) is 39.3 Å². The standard InChI is InChI=1S/C23H27N5O2/c29-21(24-12-11-18-7-2-1-3-8-18)17-27-13-6-14-28(16-15-27)23(30)22-19-9-4-5-10-20(19)25-26-22/h1-5,7-10H,6,11-17H2,(H,24,29)(H,25,26). The van der Waals surface area contributed by atoms with Gasteiger partial charge in [0, 0.05) is 38.1 Å². The van der Waals surface area contributed by atoms with E-state index in [2.05, 4.69) is 32.5 Å². The summed E-state index contributed by atoms with van der Waals surface area (Å²) in [4.78, 5) is 29.3. The normalized spacial score (nSPS) is 15.1. The fourth-order valence-electron chi connectivity index (χ4n) is 3.86. The number of carbonyl (C=O) groups excluding carboxylic acids is 2. The Bertz CT molecular complexity index is 1000. The van der Waals surface area contributed by atoms with Gasteiger partial charge in [0.25, 0.3) is 5.91 Å². The zero-order valence-corrected chi connectivity index (χ0v) is 17.0. The number of benzene rings is 2. The Morgan fingerprint density at radius 3 is 2.63 bits per heavy atom. The number of nitrogens with zero attached hydrogens (tertiary/aromatic N) is 3. The van der Waals surface area contributed by atoms with Crippen molar-refractivity contribution in [1.29, 1.82) is 0 Å². The van der Waals surface area contributed by atoms with E-state index >= 15 is 0 Å². The third-order valence-corrected chi connectivity index (χ3v) is 5.49. The van der Waals surface area contributed by atoms with E-state index in [4.69, 9.17) is 0 Å². The molecule has 156 valence electrons. The fraction of sp³-hybridized carbons (Fsp3) is 0.348. The fourth-order valence-corrected chi connectivity index (χ4v) is 3.86. The van der Waals surface area contributed by atoms with Gasteiger partial charge in [0.2, 0.25) is 5.91 Å². The molecule has 0 saturated carbocycles. The van der Waals surface area contributed by atoms with Crippen molar-refractivity contribution in [3.05, 3.63) is 65.9 Å². The molecule has 1 aliphatic heterocycles. The Hall–Kier alpha value is -3.19. The van der Waals surface area contributed by atoms with E-state index in [1.54, 1.807) is 0 Å². The summed E-state index contributed by atoms with van der Waals surface area (Å²) in [7, 11) is 0. The molecule has 2 heterocycles. The number of amides is 2.